The lowest BCUT2D eigenvalue weighted by atomic mass is 9.88. The van der Waals surface area contributed by atoms with Crippen LogP contribution in [0, 0.1) is 11.8 Å². The fourth-order valence-corrected chi connectivity index (χ4v) is 3.69. The summed E-state index contributed by atoms with van der Waals surface area (Å²) >= 11 is 0. The molecule has 7 heteroatoms. The largest absolute Gasteiger partial charge is 0.481 e. The highest BCUT2D eigenvalue weighted by atomic mass is 19.4. The lowest BCUT2D eigenvalue weighted by Crippen LogP contribution is -2.34. The third-order valence-electron chi connectivity index (χ3n) is 5.19. The molecular weight excluding hydrogens is 371 g/mol. The fraction of sp³-hybridized carbons (Fsp3) is 0.333. The lowest BCUT2D eigenvalue weighted by Gasteiger charge is -2.22. The molecule has 1 amide bonds. The molecule has 148 valence electrons. The van der Waals surface area contributed by atoms with Gasteiger partial charge in [-0.1, -0.05) is 60.7 Å². The monoisotopic (exact) mass is 391 g/mol. The fourth-order valence-electron chi connectivity index (χ4n) is 3.69. The van der Waals surface area contributed by atoms with E-state index in [1.165, 1.54) is 0 Å². The molecule has 0 saturated carbocycles. The number of rotatable bonds is 5. The van der Waals surface area contributed by atoms with Gasteiger partial charge < -0.3 is 10.0 Å². The van der Waals surface area contributed by atoms with E-state index in [1.807, 2.05) is 60.7 Å². The van der Waals surface area contributed by atoms with Gasteiger partial charge in [-0.25, -0.2) is 0 Å². The van der Waals surface area contributed by atoms with E-state index in [1.54, 1.807) is 0 Å². The zero-order valence-corrected chi connectivity index (χ0v) is 15.0. The van der Waals surface area contributed by atoms with Crippen molar-refractivity contribution < 1.29 is 27.9 Å². The van der Waals surface area contributed by atoms with Crippen LogP contribution in [0.25, 0.3) is 0 Å². The molecule has 0 radical (unpaired) electrons. The topological polar surface area (TPSA) is 57.6 Å². The lowest BCUT2D eigenvalue weighted by molar-refractivity contribution is -0.188. The van der Waals surface area contributed by atoms with Crippen LogP contribution in [0.3, 0.4) is 0 Å². The number of halogens is 3. The smallest absolute Gasteiger partial charge is 0.394 e. The molecule has 28 heavy (non-hydrogen) atoms. The minimum Gasteiger partial charge on any atom is -0.481 e. The van der Waals surface area contributed by atoms with E-state index in [0.717, 1.165) is 16.0 Å². The molecule has 2 aromatic carbocycles. The second-order valence-corrected chi connectivity index (χ2v) is 6.97. The number of carboxylic acid groups (broad SMARTS) is 1. The van der Waals surface area contributed by atoms with Crippen molar-refractivity contribution in [3.05, 3.63) is 71.8 Å². The van der Waals surface area contributed by atoms with Crippen LogP contribution >= 0.6 is 0 Å². The van der Waals surface area contributed by atoms with Gasteiger partial charge in [0.15, 0.2) is 0 Å². The van der Waals surface area contributed by atoms with E-state index in [2.05, 4.69) is 0 Å². The van der Waals surface area contributed by atoms with Crippen molar-refractivity contribution in [2.24, 2.45) is 11.8 Å². The van der Waals surface area contributed by atoms with Crippen molar-refractivity contribution in [2.75, 3.05) is 13.1 Å². The van der Waals surface area contributed by atoms with Gasteiger partial charge in [0.25, 0.3) is 0 Å². The molecular formula is C21H20F3NO3. The van der Waals surface area contributed by atoms with Gasteiger partial charge in [0.05, 0.1) is 11.8 Å². The first-order chi connectivity index (χ1) is 13.3. The molecule has 2 aromatic rings. The minimum atomic E-state index is -4.66. The predicted octanol–water partition coefficient (Wildman–Crippen LogP) is 3.93. The summed E-state index contributed by atoms with van der Waals surface area (Å²) < 4.78 is 39.6. The van der Waals surface area contributed by atoms with E-state index in [0.29, 0.717) is 0 Å². The number of carboxylic acids is 1. The highest BCUT2D eigenvalue weighted by Crippen LogP contribution is 2.38. The van der Waals surface area contributed by atoms with Crippen molar-refractivity contribution in [1.29, 1.82) is 0 Å². The Hall–Kier alpha value is -2.83. The van der Waals surface area contributed by atoms with Crippen LogP contribution in [0.15, 0.2) is 60.7 Å². The molecule has 0 spiro atoms. The van der Waals surface area contributed by atoms with Crippen LogP contribution in [0.4, 0.5) is 13.2 Å². The minimum absolute atomic E-state index is 0.0229. The van der Waals surface area contributed by atoms with E-state index >= 15 is 0 Å². The first-order valence-corrected chi connectivity index (χ1v) is 8.94. The van der Waals surface area contributed by atoms with Crippen LogP contribution in [-0.4, -0.2) is 41.1 Å². The normalized spacial score (nSPS) is 19.8. The first-order valence-electron chi connectivity index (χ1n) is 8.94. The molecule has 0 aromatic heterocycles. The number of nitrogens with zero attached hydrogens (tertiary/aromatic N) is 1. The van der Waals surface area contributed by atoms with Crippen LogP contribution in [0.2, 0.25) is 0 Å². The Morgan fingerprint density at radius 2 is 1.46 bits per heavy atom. The van der Waals surface area contributed by atoms with Crippen molar-refractivity contribution >= 4 is 11.9 Å². The van der Waals surface area contributed by atoms with Crippen LogP contribution in [0.1, 0.15) is 23.5 Å². The molecule has 0 bridgehead atoms. The number of likely N-dealkylation sites (tertiary alicyclic amines) is 1. The van der Waals surface area contributed by atoms with E-state index in [4.69, 9.17) is 5.11 Å². The average molecular weight is 391 g/mol. The Morgan fingerprint density at radius 1 is 0.964 bits per heavy atom. The number of carbonyl (C=O) groups excluding carboxylic acids is 1. The highest BCUT2D eigenvalue weighted by molar-refractivity contribution is 5.80. The average Bonchev–Trinajstić information content (AvgIpc) is 3.14. The summed E-state index contributed by atoms with van der Waals surface area (Å²) in [7, 11) is 0. The van der Waals surface area contributed by atoms with Crippen molar-refractivity contribution in [3.8, 4) is 0 Å². The van der Waals surface area contributed by atoms with Crippen LogP contribution < -0.4 is 0 Å². The number of hydrogen-bond acceptors (Lipinski definition) is 2. The number of alkyl halides is 3. The Labute approximate surface area is 160 Å². The summed E-state index contributed by atoms with van der Waals surface area (Å²) in [5.74, 6) is -5.99. The van der Waals surface area contributed by atoms with Gasteiger partial charge in [0, 0.05) is 25.4 Å². The summed E-state index contributed by atoms with van der Waals surface area (Å²) in [4.78, 5) is 25.1. The van der Waals surface area contributed by atoms with E-state index < -0.39 is 43.0 Å². The third kappa shape index (κ3) is 4.35. The molecule has 1 aliphatic rings. The van der Waals surface area contributed by atoms with E-state index in [9.17, 15) is 22.8 Å². The Morgan fingerprint density at radius 3 is 1.86 bits per heavy atom. The maximum Gasteiger partial charge on any atom is 0.394 e. The van der Waals surface area contributed by atoms with Crippen molar-refractivity contribution in [2.45, 2.75) is 18.5 Å². The summed E-state index contributed by atoms with van der Waals surface area (Å²) in [6, 6.07) is 18.5. The van der Waals surface area contributed by atoms with Gasteiger partial charge in [-0.3, -0.25) is 9.59 Å². The molecule has 3 rings (SSSR count). The highest BCUT2D eigenvalue weighted by Gasteiger charge is 2.53. The number of benzene rings is 2. The number of aliphatic carboxylic acids is 1. The number of carbonyl (C=O) groups is 2. The second kappa shape index (κ2) is 8.04. The SMILES string of the molecule is O=C(O)[C@@H]1CN(C(=O)CC(c2ccccc2)c2ccccc2)C[C@H]1C(F)(F)F. The Bertz CT molecular complexity index is 784. The van der Waals surface area contributed by atoms with Crippen molar-refractivity contribution in [3.63, 3.8) is 0 Å². The summed E-state index contributed by atoms with van der Waals surface area (Å²) in [6.45, 7) is -1.04. The zero-order valence-electron chi connectivity index (χ0n) is 15.0. The molecule has 2 atom stereocenters. The predicted molar refractivity (Wildman–Crippen MR) is 96.6 cm³/mol. The number of amides is 1. The molecule has 1 N–H and O–H groups in total. The molecule has 1 fully saturated rings. The Kier molecular flexibility index (Phi) is 5.72. The Balaban J connectivity index is 1.82. The molecule has 0 aliphatic carbocycles. The summed E-state index contributed by atoms with van der Waals surface area (Å²) in [6.07, 6.45) is -4.68. The van der Waals surface area contributed by atoms with Crippen LogP contribution in [0.5, 0.6) is 0 Å². The van der Waals surface area contributed by atoms with Gasteiger partial charge in [0.2, 0.25) is 5.91 Å². The molecule has 4 nitrogen and oxygen atoms in total. The molecule has 1 aliphatic heterocycles. The van der Waals surface area contributed by atoms with Gasteiger partial charge in [0.1, 0.15) is 0 Å². The van der Waals surface area contributed by atoms with Crippen molar-refractivity contribution in [1.82, 2.24) is 4.90 Å². The van der Waals surface area contributed by atoms with Crippen LogP contribution in [-0.2, 0) is 9.59 Å². The maximum atomic E-state index is 13.2. The van der Waals surface area contributed by atoms with Gasteiger partial charge in [-0.15, -0.1) is 0 Å². The molecule has 0 unspecified atom stereocenters. The van der Waals surface area contributed by atoms with E-state index in [-0.39, 0.29) is 12.3 Å². The molecule has 1 saturated heterocycles. The molecule has 1 heterocycles. The zero-order chi connectivity index (χ0) is 20.3. The van der Waals surface area contributed by atoms with Gasteiger partial charge >= 0.3 is 12.1 Å². The maximum absolute atomic E-state index is 13.2. The first kappa shape index (κ1) is 19.9. The quantitative estimate of drug-likeness (QED) is 0.840. The summed E-state index contributed by atoms with van der Waals surface area (Å²) in [5.41, 5.74) is 1.76. The third-order valence-corrected chi connectivity index (χ3v) is 5.19. The van der Waals surface area contributed by atoms with Gasteiger partial charge in [-0.05, 0) is 11.1 Å². The van der Waals surface area contributed by atoms with Gasteiger partial charge in [-0.2, -0.15) is 13.2 Å². The standard InChI is InChI=1S/C21H20F3NO3/c22-21(23,24)18-13-25(12-17(18)20(27)28)19(26)11-16(14-7-3-1-4-8-14)15-9-5-2-6-10-15/h1-10,16-18H,11-13H2,(H,27,28)/t17-,18-/m1/s1. The summed E-state index contributed by atoms with van der Waals surface area (Å²) in [5, 5.41) is 9.15. The second-order valence-electron chi connectivity index (χ2n) is 6.97. The number of hydrogen-bond donors (Lipinski definition) is 1.